The minimum absolute atomic E-state index is 0.104. The molecule has 7 aromatic rings. The van der Waals surface area contributed by atoms with E-state index in [4.69, 9.17) is 0 Å². The minimum Gasteiger partial charge on any atom is -0.463 e. The number of hydrogen-bond donors (Lipinski definition) is 0. The largest absolute Gasteiger partial charge is 0.463 e. The van der Waals surface area contributed by atoms with Crippen molar-refractivity contribution in [2.45, 2.75) is 58.5 Å². The molecule has 0 saturated heterocycles. The van der Waals surface area contributed by atoms with Crippen LogP contribution < -0.4 is 8.78 Å². The standard InChI is InChI=1S/C52H51N2.Al.2H/c1-38(2)37-52(5,48-33-27-45(28-34-48)46-29-35-49(36-30-46)53-39(3)41-15-9-6-10-16-41)47-31-25-44(26-32-47)43-23-21-42(22-24-43)40(4)54(50-17-11-7-12-18-50)51-19-13-8-14-20-51;;;/h6-36,38-40H,37H2,1-5H3;;;/q-1;+1;;. The van der Waals surface area contributed by atoms with E-state index in [9.17, 15) is 0 Å². The monoisotopic (exact) mass is 732 g/mol. The van der Waals surface area contributed by atoms with Gasteiger partial charge in [-0.25, -0.2) is 0 Å². The summed E-state index contributed by atoms with van der Waals surface area (Å²) in [5.41, 5.74) is 13.9. The van der Waals surface area contributed by atoms with Crippen LogP contribution in [0.5, 0.6) is 0 Å². The van der Waals surface area contributed by atoms with Crippen molar-refractivity contribution >= 4 is 33.6 Å². The third-order valence-electron chi connectivity index (χ3n) is 11.5. The lowest BCUT2D eigenvalue weighted by molar-refractivity contribution is 0.427. The average Bonchev–Trinajstić information content (AvgIpc) is 3.24. The van der Waals surface area contributed by atoms with Crippen LogP contribution in [-0.4, -0.2) is 16.5 Å². The fraction of sp³-hybridized carbons (Fsp3) is 0.192. The van der Waals surface area contributed by atoms with Gasteiger partial charge in [0.05, 0.1) is 6.04 Å². The Labute approximate surface area is 337 Å². The lowest BCUT2D eigenvalue weighted by Crippen LogP contribution is -2.25. The summed E-state index contributed by atoms with van der Waals surface area (Å²) in [6, 6.07) is 69.5. The van der Waals surface area contributed by atoms with Crippen LogP contribution in [0.25, 0.3) is 22.3 Å². The number of nitrogens with zero attached hydrogens (tertiary/aromatic N) is 2. The van der Waals surface area contributed by atoms with E-state index in [0.29, 0.717) is 12.0 Å². The molecule has 0 bridgehead atoms. The summed E-state index contributed by atoms with van der Waals surface area (Å²) in [5, 5.41) is 0. The van der Waals surface area contributed by atoms with E-state index in [1.165, 1.54) is 61.6 Å². The van der Waals surface area contributed by atoms with E-state index < -0.39 is 0 Å². The molecule has 0 aliphatic carbocycles. The number of anilines is 3. The summed E-state index contributed by atoms with van der Waals surface area (Å²) in [7, 11) is 0. The minimum atomic E-state index is -0.104. The summed E-state index contributed by atoms with van der Waals surface area (Å²) in [5.74, 6) is 0.552. The number of rotatable bonds is 13. The molecule has 0 spiro atoms. The Morgan fingerprint density at radius 3 is 1.20 bits per heavy atom. The molecular formula is C52H53AlN2. The van der Waals surface area contributed by atoms with Gasteiger partial charge in [0.1, 0.15) is 0 Å². The second-order valence-electron chi connectivity index (χ2n) is 15.7. The molecule has 0 amide bonds. The first-order valence-corrected chi connectivity index (χ1v) is 20.7. The van der Waals surface area contributed by atoms with Crippen molar-refractivity contribution in [3.63, 3.8) is 0 Å². The Bertz CT molecular complexity index is 2190. The van der Waals surface area contributed by atoms with Gasteiger partial charge in [-0.15, -0.1) is 0 Å². The summed E-state index contributed by atoms with van der Waals surface area (Å²) < 4.78 is 2.48. The lowest BCUT2D eigenvalue weighted by atomic mass is 9.70. The van der Waals surface area contributed by atoms with Crippen molar-refractivity contribution in [2.75, 3.05) is 8.78 Å². The number of para-hydroxylation sites is 2. The molecule has 0 radical (unpaired) electrons. The molecule has 0 fully saturated rings. The topological polar surface area (TPSA) is 6.48 Å². The first-order valence-electron chi connectivity index (χ1n) is 19.8. The van der Waals surface area contributed by atoms with E-state index in [0.717, 1.165) is 22.9 Å². The fourth-order valence-corrected chi connectivity index (χ4v) is 8.82. The quantitative estimate of drug-likeness (QED) is 0.109. The van der Waals surface area contributed by atoms with Crippen molar-refractivity contribution in [2.24, 2.45) is 5.92 Å². The first-order chi connectivity index (χ1) is 26.7. The van der Waals surface area contributed by atoms with Gasteiger partial charge in [0, 0.05) is 28.5 Å². The number of benzene rings is 7. The summed E-state index contributed by atoms with van der Waals surface area (Å²) in [4.78, 5) is 2.41. The second-order valence-corrected chi connectivity index (χ2v) is 16.6. The maximum absolute atomic E-state index is 2.48. The van der Waals surface area contributed by atoms with Gasteiger partial charge in [0.2, 0.25) is 0 Å². The van der Waals surface area contributed by atoms with Crippen LogP contribution in [-0.2, 0) is 5.41 Å². The van der Waals surface area contributed by atoms with Gasteiger partial charge < -0.3 is 8.78 Å². The summed E-state index contributed by atoms with van der Waals surface area (Å²) in [6.07, 6.45) is 1.07. The molecule has 3 unspecified atom stereocenters. The lowest BCUT2D eigenvalue weighted by Gasteiger charge is -2.33. The smallest absolute Gasteiger partial charge is 0.364 e. The highest BCUT2D eigenvalue weighted by Crippen LogP contribution is 2.40. The van der Waals surface area contributed by atoms with Gasteiger partial charge in [-0.3, -0.25) is 0 Å². The third kappa shape index (κ3) is 8.50. The van der Waals surface area contributed by atoms with Crippen molar-refractivity contribution in [3.8, 4) is 22.3 Å². The first kappa shape index (κ1) is 38.0. The van der Waals surface area contributed by atoms with Crippen molar-refractivity contribution in [1.82, 2.24) is 0 Å². The zero-order valence-corrected chi connectivity index (χ0v) is 35.2. The molecule has 0 saturated carbocycles. The van der Waals surface area contributed by atoms with Crippen LogP contribution in [0, 0.1) is 5.92 Å². The molecule has 0 N–H and O–H groups in total. The molecule has 0 aliphatic heterocycles. The van der Waals surface area contributed by atoms with Crippen LogP contribution in [0.15, 0.2) is 188 Å². The molecule has 55 heavy (non-hydrogen) atoms. The van der Waals surface area contributed by atoms with Crippen LogP contribution in [0.3, 0.4) is 0 Å². The maximum Gasteiger partial charge on any atom is 0.364 e. The molecule has 7 aromatic carbocycles. The molecule has 3 atom stereocenters. The Morgan fingerprint density at radius 1 is 0.418 bits per heavy atom. The Kier molecular flexibility index (Phi) is 11.7. The van der Waals surface area contributed by atoms with E-state index in [2.05, 4.69) is 231 Å². The zero-order chi connectivity index (χ0) is 38.4. The highest BCUT2D eigenvalue weighted by atomic mass is 27.1. The zero-order valence-electron chi connectivity index (χ0n) is 33.2. The fourth-order valence-electron chi connectivity index (χ4n) is 8.22. The van der Waals surface area contributed by atoms with Crippen LogP contribution in [0.2, 0.25) is 0 Å². The summed E-state index contributed by atoms with van der Waals surface area (Å²) in [6.45, 7) is 11.7. The highest BCUT2D eigenvalue weighted by molar-refractivity contribution is 6.18. The van der Waals surface area contributed by atoms with E-state index >= 15 is 0 Å². The van der Waals surface area contributed by atoms with Gasteiger partial charge in [-0.1, -0.05) is 172 Å². The average molecular weight is 733 g/mol. The SMILES string of the molecule is CC(C)CC(C)(c1ccc(-c2ccc(C(C)N(c3ccccc3)c3ccccc3)cc2)cc1)c1ccc(-c2ccc([N]([AlH2])C(C)c3ccccc3)cc2)cc1. The molecule has 0 heterocycles. The molecule has 274 valence electrons. The molecule has 2 nitrogen and oxygen atoms in total. The van der Waals surface area contributed by atoms with E-state index in [1.807, 2.05) is 0 Å². The predicted octanol–water partition coefficient (Wildman–Crippen LogP) is 13.4. The molecule has 7 rings (SSSR count). The van der Waals surface area contributed by atoms with Crippen LogP contribution in [0.1, 0.15) is 75.4 Å². The molecule has 0 aliphatic rings. The van der Waals surface area contributed by atoms with Crippen molar-refractivity contribution < 1.29 is 0 Å². The van der Waals surface area contributed by atoms with Crippen molar-refractivity contribution in [1.29, 1.82) is 0 Å². The Morgan fingerprint density at radius 2 is 0.782 bits per heavy atom. The van der Waals surface area contributed by atoms with Gasteiger partial charge in [0.15, 0.2) is 0 Å². The van der Waals surface area contributed by atoms with Gasteiger partial charge >= 0.3 is 16.5 Å². The predicted molar refractivity (Wildman–Crippen MR) is 239 cm³/mol. The van der Waals surface area contributed by atoms with E-state index in [1.54, 1.807) is 0 Å². The highest BCUT2D eigenvalue weighted by Gasteiger charge is 2.30. The third-order valence-corrected chi connectivity index (χ3v) is 12.8. The second kappa shape index (κ2) is 17.0. The van der Waals surface area contributed by atoms with Gasteiger partial charge in [0.25, 0.3) is 0 Å². The van der Waals surface area contributed by atoms with Crippen LogP contribution >= 0.6 is 0 Å². The normalized spacial score (nSPS) is 13.5. The van der Waals surface area contributed by atoms with E-state index in [-0.39, 0.29) is 11.5 Å². The maximum atomic E-state index is 2.48. The molecule has 3 heteroatoms. The van der Waals surface area contributed by atoms with Gasteiger partial charge in [-0.2, -0.15) is 0 Å². The molecular weight excluding hydrogens is 680 g/mol. The van der Waals surface area contributed by atoms with Crippen molar-refractivity contribution in [3.05, 3.63) is 210 Å². The van der Waals surface area contributed by atoms with Gasteiger partial charge in [-0.05, 0) is 107 Å². The number of hydrogen-bond acceptors (Lipinski definition) is 2. The van der Waals surface area contributed by atoms with Crippen LogP contribution in [0.4, 0.5) is 17.1 Å². The molecule has 0 aromatic heterocycles. The summed E-state index contributed by atoms with van der Waals surface area (Å²) >= 11 is 0.956. The Hall–Kier alpha value is -5.33. The Balaban J connectivity index is 1.08.